The highest BCUT2D eigenvalue weighted by Gasteiger charge is 2.29. The number of fused-ring (bicyclic) bond motifs is 1. The number of carbonyl (C=O) groups excluding carboxylic acids is 1. The van der Waals surface area contributed by atoms with Gasteiger partial charge in [-0.15, -0.1) is 11.8 Å². The molecule has 1 aliphatic carbocycles. The predicted molar refractivity (Wildman–Crippen MR) is 100 cm³/mol. The van der Waals surface area contributed by atoms with E-state index in [1.165, 1.54) is 18.4 Å². The van der Waals surface area contributed by atoms with Gasteiger partial charge in [0, 0.05) is 12.6 Å². The first-order chi connectivity index (χ1) is 12.1. The lowest BCUT2D eigenvalue weighted by Gasteiger charge is -2.17. The van der Waals surface area contributed by atoms with Crippen LogP contribution in [0.5, 0.6) is 5.75 Å². The van der Waals surface area contributed by atoms with Gasteiger partial charge in [-0.3, -0.25) is 9.48 Å². The molecule has 1 aromatic carbocycles. The molecule has 0 radical (unpaired) electrons. The number of nitrogens with one attached hydrogen (secondary N) is 1. The summed E-state index contributed by atoms with van der Waals surface area (Å²) in [7, 11) is 1.87. The second-order valence-electron chi connectivity index (χ2n) is 6.80. The molecule has 0 bridgehead atoms. The number of nitrogens with zero attached hydrogens (tertiary/aromatic N) is 2. The lowest BCUT2D eigenvalue weighted by Crippen LogP contribution is -2.15. The maximum absolute atomic E-state index is 12.0. The Balaban J connectivity index is 1.61. The van der Waals surface area contributed by atoms with Crippen LogP contribution in [-0.4, -0.2) is 27.5 Å². The van der Waals surface area contributed by atoms with E-state index in [-0.39, 0.29) is 11.2 Å². The molecule has 0 unspecified atom stereocenters. The standard InChI is InChI=1S/C19H23N3O2S/c1-12-17-18(25-11-16(23)20-19(17)22(2)21-12)13-7-9-15(10-8-13)24-14-5-3-4-6-14/h7-10,14,18H,3-6,11H2,1-2H3,(H,20,23)/t18-/m0/s1. The van der Waals surface area contributed by atoms with Gasteiger partial charge in [-0.25, -0.2) is 0 Å². The third-order valence-electron chi connectivity index (χ3n) is 4.96. The molecule has 1 atom stereocenters. The van der Waals surface area contributed by atoms with Crippen molar-refractivity contribution in [3.05, 3.63) is 41.1 Å². The van der Waals surface area contributed by atoms with Crippen LogP contribution in [0.1, 0.15) is 47.8 Å². The molecule has 0 saturated heterocycles. The number of carbonyl (C=O) groups is 1. The van der Waals surface area contributed by atoms with E-state index in [9.17, 15) is 4.79 Å². The summed E-state index contributed by atoms with van der Waals surface area (Å²) in [5, 5.41) is 7.58. The van der Waals surface area contributed by atoms with E-state index in [1.54, 1.807) is 16.4 Å². The molecule has 0 spiro atoms. The summed E-state index contributed by atoms with van der Waals surface area (Å²) in [5.41, 5.74) is 3.24. The van der Waals surface area contributed by atoms with Crippen molar-refractivity contribution in [1.82, 2.24) is 9.78 Å². The van der Waals surface area contributed by atoms with E-state index in [0.29, 0.717) is 11.9 Å². The van der Waals surface area contributed by atoms with Gasteiger partial charge in [-0.1, -0.05) is 12.1 Å². The van der Waals surface area contributed by atoms with E-state index in [1.807, 2.05) is 14.0 Å². The van der Waals surface area contributed by atoms with Crippen LogP contribution in [0, 0.1) is 6.92 Å². The van der Waals surface area contributed by atoms with Crippen molar-refractivity contribution >= 4 is 23.5 Å². The van der Waals surface area contributed by atoms with Crippen molar-refractivity contribution in [1.29, 1.82) is 0 Å². The molecule has 5 nitrogen and oxygen atoms in total. The number of hydrogen-bond acceptors (Lipinski definition) is 4. The zero-order valence-corrected chi connectivity index (χ0v) is 15.4. The molecule has 1 amide bonds. The van der Waals surface area contributed by atoms with Gasteiger partial charge in [0.1, 0.15) is 11.6 Å². The average molecular weight is 357 g/mol. The van der Waals surface area contributed by atoms with E-state index in [2.05, 4.69) is 34.7 Å². The first-order valence-electron chi connectivity index (χ1n) is 8.83. The van der Waals surface area contributed by atoms with Crippen molar-refractivity contribution in [2.75, 3.05) is 11.1 Å². The third kappa shape index (κ3) is 3.27. The molecule has 2 aliphatic rings. The summed E-state index contributed by atoms with van der Waals surface area (Å²) in [6.07, 6.45) is 5.22. The second-order valence-corrected chi connectivity index (χ2v) is 7.90. The molecular formula is C19H23N3O2S. The summed E-state index contributed by atoms with van der Waals surface area (Å²) in [6, 6.07) is 8.35. The van der Waals surface area contributed by atoms with E-state index in [4.69, 9.17) is 4.74 Å². The Kier molecular flexibility index (Phi) is 4.46. The van der Waals surface area contributed by atoms with Crippen molar-refractivity contribution in [3.8, 4) is 5.75 Å². The van der Waals surface area contributed by atoms with Gasteiger partial charge >= 0.3 is 0 Å². The molecule has 2 aromatic rings. The summed E-state index contributed by atoms with van der Waals surface area (Å²) in [5.74, 6) is 2.22. The highest BCUT2D eigenvalue weighted by molar-refractivity contribution is 8.00. The maximum Gasteiger partial charge on any atom is 0.235 e. The first kappa shape index (κ1) is 16.5. The predicted octanol–water partition coefficient (Wildman–Crippen LogP) is 3.82. The van der Waals surface area contributed by atoms with E-state index < -0.39 is 0 Å². The van der Waals surface area contributed by atoms with Gasteiger partial charge in [0.2, 0.25) is 5.91 Å². The number of amides is 1. The number of ether oxygens (including phenoxy) is 1. The first-order valence-corrected chi connectivity index (χ1v) is 9.88. The molecule has 4 rings (SSSR count). The molecule has 1 N–H and O–H groups in total. The number of benzene rings is 1. The van der Waals surface area contributed by atoms with E-state index >= 15 is 0 Å². The number of thioether (sulfide) groups is 1. The Morgan fingerprint density at radius 2 is 1.96 bits per heavy atom. The molecule has 1 aromatic heterocycles. The number of aryl methyl sites for hydroxylation is 2. The lowest BCUT2D eigenvalue weighted by atomic mass is 10.0. The molecule has 132 valence electrons. The fourth-order valence-corrected chi connectivity index (χ4v) is 4.92. The monoisotopic (exact) mass is 357 g/mol. The van der Waals surface area contributed by atoms with Gasteiger partial charge in [0.05, 0.1) is 22.8 Å². The maximum atomic E-state index is 12.0. The molecule has 1 aliphatic heterocycles. The van der Waals surface area contributed by atoms with Gasteiger partial charge in [0.15, 0.2) is 0 Å². The van der Waals surface area contributed by atoms with Gasteiger partial charge in [0.25, 0.3) is 0 Å². The largest absolute Gasteiger partial charge is 0.490 e. The summed E-state index contributed by atoms with van der Waals surface area (Å²) in [4.78, 5) is 12.0. The SMILES string of the molecule is Cc1nn(C)c2c1[C@H](c1ccc(OC3CCCC3)cc1)SCC(=O)N2. The number of aromatic nitrogens is 2. The van der Waals surface area contributed by atoms with Crippen LogP contribution in [-0.2, 0) is 11.8 Å². The second kappa shape index (κ2) is 6.75. The average Bonchev–Trinajstić information content (AvgIpc) is 3.14. The van der Waals surface area contributed by atoms with Crippen LogP contribution in [0.25, 0.3) is 0 Å². The summed E-state index contributed by atoms with van der Waals surface area (Å²) < 4.78 is 7.83. The lowest BCUT2D eigenvalue weighted by molar-refractivity contribution is -0.113. The smallest absolute Gasteiger partial charge is 0.235 e. The molecule has 25 heavy (non-hydrogen) atoms. The fourth-order valence-electron chi connectivity index (χ4n) is 3.73. The van der Waals surface area contributed by atoms with Crippen molar-refractivity contribution in [3.63, 3.8) is 0 Å². The van der Waals surface area contributed by atoms with Crippen LogP contribution >= 0.6 is 11.8 Å². The summed E-state index contributed by atoms with van der Waals surface area (Å²) in [6.45, 7) is 2.00. The minimum absolute atomic E-state index is 0.0259. The third-order valence-corrected chi connectivity index (χ3v) is 6.23. The number of rotatable bonds is 3. The zero-order chi connectivity index (χ0) is 17.4. The topological polar surface area (TPSA) is 56.2 Å². The highest BCUT2D eigenvalue weighted by atomic mass is 32.2. The molecule has 6 heteroatoms. The van der Waals surface area contributed by atoms with Crippen molar-refractivity contribution in [2.24, 2.45) is 7.05 Å². The van der Waals surface area contributed by atoms with Crippen LogP contribution < -0.4 is 10.1 Å². The van der Waals surface area contributed by atoms with Gasteiger partial charge in [-0.05, 0) is 50.3 Å². The zero-order valence-electron chi connectivity index (χ0n) is 14.6. The normalized spacial score (nSPS) is 20.9. The minimum Gasteiger partial charge on any atom is -0.490 e. The minimum atomic E-state index is 0.0259. The molecule has 1 saturated carbocycles. The molecule has 2 heterocycles. The van der Waals surface area contributed by atoms with Crippen molar-refractivity contribution < 1.29 is 9.53 Å². The Bertz CT molecular complexity index is 779. The summed E-state index contributed by atoms with van der Waals surface area (Å²) >= 11 is 1.65. The van der Waals surface area contributed by atoms with Crippen LogP contribution in [0.15, 0.2) is 24.3 Å². The van der Waals surface area contributed by atoms with Gasteiger partial charge in [-0.2, -0.15) is 5.10 Å². The van der Waals surface area contributed by atoms with Crippen LogP contribution in [0.4, 0.5) is 5.82 Å². The molecular weight excluding hydrogens is 334 g/mol. The number of anilines is 1. The van der Waals surface area contributed by atoms with Crippen LogP contribution in [0.3, 0.4) is 0 Å². The Hall–Kier alpha value is -1.95. The quantitative estimate of drug-likeness (QED) is 0.907. The Labute approximate surface area is 152 Å². The Morgan fingerprint density at radius 1 is 1.24 bits per heavy atom. The number of hydrogen-bond donors (Lipinski definition) is 1. The highest BCUT2D eigenvalue weighted by Crippen LogP contribution is 2.43. The molecule has 1 fully saturated rings. The van der Waals surface area contributed by atoms with Crippen molar-refractivity contribution in [2.45, 2.75) is 44.0 Å². The van der Waals surface area contributed by atoms with Gasteiger partial charge < -0.3 is 10.1 Å². The fraction of sp³-hybridized carbons (Fsp3) is 0.474. The van der Waals surface area contributed by atoms with Crippen LogP contribution in [0.2, 0.25) is 0 Å². The Morgan fingerprint density at radius 3 is 2.68 bits per heavy atom. The van der Waals surface area contributed by atoms with E-state index in [0.717, 1.165) is 35.7 Å².